The van der Waals surface area contributed by atoms with Crippen LogP contribution in [0.5, 0.6) is 0 Å². The molecule has 0 spiro atoms. The molecule has 0 aliphatic heterocycles. The Balaban J connectivity index is 1.72. The molecule has 0 unspecified atom stereocenters. The minimum absolute atomic E-state index is 0.0887. The molecule has 2 aromatic carbocycles. The van der Waals surface area contributed by atoms with Gasteiger partial charge in [0.25, 0.3) is 5.91 Å². The Labute approximate surface area is 152 Å². The van der Waals surface area contributed by atoms with Gasteiger partial charge < -0.3 is 10.1 Å². The van der Waals surface area contributed by atoms with Crippen molar-refractivity contribution < 1.29 is 27.5 Å². The number of nitrogens with one attached hydrogen (secondary N) is 1. The molecule has 0 heterocycles. The van der Waals surface area contributed by atoms with E-state index in [2.05, 4.69) is 0 Å². The zero-order valence-electron chi connectivity index (χ0n) is 13.9. The van der Waals surface area contributed by atoms with Crippen molar-refractivity contribution in [3.05, 3.63) is 59.4 Å². The number of carbonyl (C=O) groups excluding carboxylic acids is 2. The van der Waals surface area contributed by atoms with Gasteiger partial charge in [-0.1, -0.05) is 17.7 Å². The van der Waals surface area contributed by atoms with Crippen molar-refractivity contribution in [3.63, 3.8) is 0 Å². The molecular weight excluding hydrogens is 367 g/mol. The van der Waals surface area contributed by atoms with Crippen LogP contribution in [0.15, 0.2) is 41.3 Å². The highest BCUT2D eigenvalue weighted by Crippen LogP contribution is 2.20. The second-order valence-electron chi connectivity index (χ2n) is 5.34. The smallest absolute Gasteiger partial charge is 0.307 e. The van der Waals surface area contributed by atoms with E-state index in [0.29, 0.717) is 11.8 Å². The maximum atomic E-state index is 13.4. The van der Waals surface area contributed by atoms with E-state index < -0.39 is 41.6 Å². The SMILES string of the molecule is Cc1ccc(SCCC(=O)OCC(=O)Nc2ccc(F)c(F)c2F)cc1. The summed E-state index contributed by atoms with van der Waals surface area (Å²) >= 11 is 1.47. The summed E-state index contributed by atoms with van der Waals surface area (Å²) in [5.74, 6) is -5.54. The van der Waals surface area contributed by atoms with Gasteiger partial charge in [0.15, 0.2) is 24.1 Å². The van der Waals surface area contributed by atoms with E-state index in [1.807, 2.05) is 36.5 Å². The lowest BCUT2D eigenvalue weighted by atomic mass is 10.2. The minimum atomic E-state index is -1.69. The fourth-order valence-corrected chi connectivity index (χ4v) is 2.75. The molecule has 2 rings (SSSR count). The fraction of sp³-hybridized carbons (Fsp3) is 0.222. The lowest BCUT2D eigenvalue weighted by molar-refractivity contribution is -0.146. The van der Waals surface area contributed by atoms with E-state index in [1.54, 1.807) is 0 Å². The molecule has 0 radical (unpaired) electrons. The van der Waals surface area contributed by atoms with Gasteiger partial charge in [-0.15, -0.1) is 11.8 Å². The number of anilines is 1. The summed E-state index contributed by atoms with van der Waals surface area (Å²) in [5, 5.41) is 2.02. The van der Waals surface area contributed by atoms with Gasteiger partial charge in [0.1, 0.15) is 0 Å². The van der Waals surface area contributed by atoms with Crippen molar-refractivity contribution in [2.45, 2.75) is 18.2 Å². The van der Waals surface area contributed by atoms with Gasteiger partial charge in [-0.2, -0.15) is 0 Å². The van der Waals surface area contributed by atoms with Crippen LogP contribution in [-0.4, -0.2) is 24.2 Å². The molecule has 2 aromatic rings. The Morgan fingerprint density at radius 1 is 1.04 bits per heavy atom. The Bertz CT molecular complexity index is 797. The summed E-state index contributed by atoms with van der Waals surface area (Å²) in [6.07, 6.45) is 0.0887. The largest absolute Gasteiger partial charge is 0.456 e. The number of amides is 1. The highest BCUT2D eigenvalue weighted by molar-refractivity contribution is 7.99. The molecule has 8 heteroatoms. The number of halogens is 3. The number of aryl methyl sites for hydroxylation is 1. The van der Waals surface area contributed by atoms with Crippen molar-refractivity contribution >= 4 is 29.3 Å². The first-order valence-corrected chi connectivity index (χ1v) is 8.64. The van der Waals surface area contributed by atoms with E-state index >= 15 is 0 Å². The van der Waals surface area contributed by atoms with Gasteiger partial charge >= 0.3 is 5.97 Å². The molecule has 1 amide bonds. The molecule has 138 valence electrons. The van der Waals surface area contributed by atoms with E-state index in [-0.39, 0.29) is 6.42 Å². The van der Waals surface area contributed by atoms with E-state index in [1.165, 1.54) is 11.8 Å². The summed E-state index contributed by atoms with van der Waals surface area (Å²) in [6.45, 7) is 1.33. The first kappa shape index (κ1) is 19.8. The second kappa shape index (κ2) is 9.28. The average Bonchev–Trinajstić information content (AvgIpc) is 2.62. The monoisotopic (exact) mass is 383 g/mol. The predicted octanol–water partition coefficient (Wildman–Crippen LogP) is 4.08. The third kappa shape index (κ3) is 5.80. The molecule has 0 saturated heterocycles. The number of carbonyl (C=O) groups is 2. The molecule has 0 aliphatic carbocycles. The fourth-order valence-electron chi connectivity index (χ4n) is 1.91. The number of thioether (sulfide) groups is 1. The maximum absolute atomic E-state index is 13.4. The predicted molar refractivity (Wildman–Crippen MR) is 92.4 cm³/mol. The summed E-state index contributed by atoms with van der Waals surface area (Å²) in [5.41, 5.74) is 0.608. The van der Waals surface area contributed by atoms with Gasteiger partial charge in [0, 0.05) is 10.6 Å². The van der Waals surface area contributed by atoms with Gasteiger partial charge in [-0.05, 0) is 31.2 Å². The highest BCUT2D eigenvalue weighted by atomic mass is 32.2. The molecule has 0 atom stereocenters. The Hall–Kier alpha value is -2.48. The highest BCUT2D eigenvalue weighted by Gasteiger charge is 2.16. The van der Waals surface area contributed by atoms with E-state index in [4.69, 9.17) is 4.74 Å². The zero-order chi connectivity index (χ0) is 19.1. The lowest BCUT2D eigenvalue weighted by Gasteiger charge is -2.08. The van der Waals surface area contributed by atoms with Gasteiger partial charge in [0.05, 0.1) is 12.1 Å². The summed E-state index contributed by atoms with van der Waals surface area (Å²) < 4.78 is 44.1. The first-order valence-electron chi connectivity index (χ1n) is 7.65. The van der Waals surface area contributed by atoms with E-state index in [0.717, 1.165) is 16.5 Å². The molecule has 26 heavy (non-hydrogen) atoms. The number of hydrogen-bond donors (Lipinski definition) is 1. The quantitative estimate of drug-likeness (QED) is 0.445. The van der Waals surface area contributed by atoms with Crippen LogP contribution in [0.3, 0.4) is 0 Å². The molecule has 4 nitrogen and oxygen atoms in total. The van der Waals surface area contributed by atoms with Crippen molar-refractivity contribution in [1.82, 2.24) is 0 Å². The average molecular weight is 383 g/mol. The maximum Gasteiger partial charge on any atom is 0.307 e. The minimum Gasteiger partial charge on any atom is -0.456 e. The first-order chi connectivity index (χ1) is 12.4. The standard InChI is InChI=1S/C18H16F3NO3S/c1-11-2-4-12(5-3-11)26-9-8-16(24)25-10-15(23)22-14-7-6-13(19)17(20)18(14)21/h2-7H,8-10H2,1H3,(H,22,23). The van der Waals surface area contributed by atoms with Crippen molar-refractivity contribution in [1.29, 1.82) is 0 Å². The van der Waals surface area contributed by atoms with Crippen LogP contribution >= 0.6 is 11.8 Å². The molecule has 0 bridgehead atoms. The summed E-state index contributed by atoms with van der Waals surface area (Å²) in [6, 6.07) is 9.36. The molecule has 1 N–H and O–H groups in total. The van der Waals surface area contributed by atoms with Gasteiger partial charge in [0.2, 0.25) is 0 Å². The van der Waals surface area contributed by atoms with Crippen molar-refractivity contribution in [2.24, 2.45) is 0 Å². The van der Waals surface area contributed by atoms with Crippen LogP contribution in [0.4, 0.5) is 18.9 Å². The van der Waals surface area contributed by atoms with Crippen LogP contribution < -0.4 is 5.32 Å². The number of esters is 1. The summed E-state index contributed by atoms with van der Waals surface area (Å²) in [7, 11) is 0. The topological polar surface area (TPSA) is 55.4 Å². The molecule has 0 aliphatic rings. The van der Waals surface area contributed by atoms with Gasteiger partial charge in [-0.3, -0.25) is 9.59 Å². The van der Waals surface area contributed by atoms with E-state index in [9.17, 15) is 22.8 Å². The number of hydrogen-bond acceptors (Lipinski definition) is 4. The third-order valence-electron chi connectivity index (χ3n) is 3.27. The molecular formula is C18H16F3NO3S. The van der Waals surface area contributed by atoms with Crippen LogP contribution in [-0.2, 0) is 14.3 Å². The Morgan fingerprint density at radius 3 is 2.42 bits per heavy atom. The van der Waals surface area contributed by atoms with Crippen LogP contribution in [0.25, 0.3) is 0 Å². The zero-order valence-corrected chi connectivity index (χ0v) is 14.7. The molecule has 0 saturated carbocycles. The number of benzene rings is 2. The lowest BCUT2D eigenvalue weighted by Crippen LogP contribution is -2.22. The van der Waals surface area contributed by atoms with Crippen LogP contribution in [0.1, 0.15) is 12.0 Å². The molecule has 0 fully saturated rings. The van der Waals surface area contributed by atoms with Crippen molar-refractivity contribution in [3.8, 4) is 0 Å². The van der Waals surface area contributed by atoms with Crippen LogP contribution in [0, 0.1) is 24.4 Å². The normalized spacial score (nSPS) is 10.5. The Kier molecular flexibility index (Phi) is 7.08. The summed E-state index contributed by atoms with van der Waals surface area (Å²) in [4.78, 5) is 24.2. The van der Waals surface area contributed by atoms with Crippen LogP contribution in [0.2, 0.25) is 0 Å². The second-order valence-corrected chi connectivity index (χ2v) is 6.51. The number of rotatable bonds is 7. The third-order valence-corrected chi connectivity index (χ3v) is 4.28. The van der Waals surface area contributed by atoms with Crippen molar-refractivity contribution in [2.75, 3.05) is 17.7 Å². The molecule has 0 aromatic heterocycles. The number of ether oxygens (including phenoxy) is 1. The Morgan fingerprint density at radius 2 is 1.73 bits per heavy atom. The van der Waals surface area contributed by atoms with Gasteiger partial charge in [-0.25, -0.2) is 13.2 Å².